The van der Waals surface area contributed by atoms with Crippen LogP contribution < -0.4 is 0 Å². The van der Waals surface area contributed by atoms with Crippen LogP contribution in [0.15, 0.2) is 115 Å². The Morgan fingerprint density at radius 3 is 1.72 bits per heavy atom. The molecule has 0 unspecified atom stereocenters. The van der Waals surface area contributed by atoms with Gasteiger partial charge in [0.1, 0.15) is 0 Å². The van der Waals surface area contributed by atoms with Gasteiger partial charge >= 0.3 is 0 Å². The third-order valence-electron chi connectivity index (χ3n) is 5.79. The largest absolute Gasteiger partial charge is 0.0876 e. The summed E-state index contributed by atoms with van der Waals surface area (Å²) in [7, 11) is 0. The molecule has 0 saturated carbocycles. The molecular formula is C31H23Br. The number of hydrogen-bond acceptors (Lipinski definition) is 0. The van der Waals surface area contributed by atoms with Crippen molar-refractivity contribution in [3.8, 4) is 22.3 Å². The van der Waals surface area contributed by atoms with Gasteiger partial charge in [0.2, 0.25) is 0 Å². The maximum absolute atomic E-state index is 3.50. The van der Waals surface area contributed by atoms with Gasteiger partial charge in [-0.25, -0.2) is 0 Å². The highest BCUT2D eigenvalue weighted by atomic mass is 79.9. The van der Waals surface area contributed by atoms with E-state index in [2.05, 4.69) is 143 Å². The smallest absolute Gasteiger partial charge is 0.0283 e. The van der Waals surface area contributed by atoms with Gasteiger partial charge in [0.25, 0.3) is 0 Å². The maximum atomic E-state index is 3.50. The molecule has 0 spiro atoms. The van der Waals surface area contributed by atoms with E-state index in [4.69, 9.17) is 0 Å². The highest BCUT2D eigenvalue weighted by molar-refractivity contribution is 9.08. The Morgan fingerprint density at radius 1 is 0.469 bits per heavy atom. The molecule has 0 amide bonds. The first kappa shape index (κ1) is 20.5. The van der Waals surface area contributed by atoms with Crippen LogP contribution in [0.4, 0.5) is 0 Å². The number of rotatable bonds is 5. The lowest BCUT2D eigenvalue weighted by atomic mass is 9.99. The van der Waals surface area contributed by atoms with Crippen LogP contribution in [-0.2, 0) is 5.33 Å². The predicted molar refractivity (Wildman–Crippen MR) is 143 cm³/mol. The van der Waals surface area contributed by atoms with Crippen LogP contribution in [0.3, 0.4) is 0 Å². The van der Waals surface area contributed by atoms with Crippen LogP contribution in [0.25, 0.3) is 45.2 Å². The zero-order valence-electron chi connectivity index (χ0n) is 17.7. The molecule has 0 radical (unpaired) electrons. The first-order valence-electron chi connectivity index (χ1n) is 10.8. The van der Waals surface area contributed by atoms with Gasteiger partial charge in [-0.3, -0.25) is 0 Å². The molecule has 0 aliphatic rings. The van der Waals surface area contributed by atoms with Gasteiger partial charge in [-0.05, 0) is 61.8 Å². The lowest BCUT2D eigenvalue weighted by molar-refractivity contribution is 1.43. The lowest BCUT2D eigenvalue weighted by Gasteiger charge is -2.05. The minimum atomic E-state index is 0.889. The van der Waals surface area contributed by atoms with E-state index in [-0.39, 0.29) is 0 Å². The molecule has 0 fully saturated rings. The normalized spacial score (nSPS) is 11.3. The predicted octanol–water partition coefficient (Wildman–Crippen LogP) is 9.24. The molecule has 5 aromatic carbocycles. The second-order valence-corrected chi connectivity index (χ2v) is 8.53. The van der Waals surface area contributed by atoms with E-state index in [0.29, 0.717) is 0 Å². The van der Waals surface area contributed by atoms with Gasteiger partial charge in [0, 0.05) is 5.33 Å². The Hall–Kier alpha value is -3.42. The van der Waals surface area contributed by atoms with E-state index in [1.807, 2.05) is 0 Å². The van der Waals surface area contributed by atoms with Crippen LogP contribution in [0, 0.1) is 0 Å². The molecule has 32 heavy (non-hydrogen) atoms. The van der Waals surface area contributed by atoms with Gasteiger partial charge in [0.05, 0.1) is 0 Å². The minimum absolute atomic E-state index is 0.889. The number of hydrogen-bond donors (Lipinski definition) is 0. The second kappa shape index (κ2) is 9.38. The first-order chi connectivity index (χ1) is 15.8. The van der Waals surface area contributed by atoms with Crippen LogP contribution in [0.5, 0.6) is 0 Å². The zero-order chi connectivity index (χ0) is 21.8. The average Bonchev–Trinajstić information content (AvgIpc) is 2.88. The van der Waals surface area contributed by atoms with Gasteiger partial charge < -0.3 is 0 Å². The molecule has 0 atom stereocenters. The fraction of sp³-hybridized carbons (Fsp3) is 0.0323. The van der Waals surface area contributed by atoms with E-state index in [1.54, 1.807) is 0 Å². The summed E-state index contributed by atoms with van der Waals surface area (Å²) >= 11 is 3.50. The van der Waals surface area contributed by atoms with Crippen molar-refractivity contribution in [2.24, 2.45) is 0 Å². The van der Waals surface area contributed by atoms with Crippen molar-refractivity contribution in [2.75, 3.05) is 0 Å². The summed E-state index contributed by atoms with van der Waals surface area (Å²) in [6.45, 7) is 0. The van der Waals surface area contributed by atoms with Crippen LogP contribution >= 0.6 is 15.9 Å². The molecule has 0 aliphatic carbocycles. The Labute approximate surface area is 198 Å². The van der Waals surface area contributed by atoms with Crippen molar-refractivity contribution in [1.82, 2.24) is 0 Å². The van der Waals surface area contributed by atoms with Crippen LogP contribution in [-0.4, -0.2) is 0 Å². The molecule has 1 heteroatoms. The van der Waals surface area contributed by atoms with Crippen molar-refractivity contribution in [2.45, 2.75) is 5.33 Å². The van der Waals surface area contributed by atoms with E-state index < -0.39 is 0 Å². The van der Waals surface area contributed by atoms with Gasteiger partial charge in [-0.15, -0.1) is 0 Å². The maximum Gasteiger partial charge on any atom is 0.0283 e. The Balaban J connectivity index is 1.33. The summed E-state index contributed by atoms with van der Waals surface area (Å²) in [5.74, 6) is 0. The number of fused-ring (bicyclic) bond motifs is 1. The number of alkyl halides is 1. The minimum Gasteiger partial charge on any atom is -0.0876 e. The molecular weight excluding hydrogens is 452 g/mol. The average molecular weight is 475 g/mol. The molecule has 154 valence electrons. The fourth-order valence-corrected chi connectivity index (χ4v) is 4.32. The topological polar surface area (TPSA) is 0 Å². The first-order valence-corrected chi connectivity index (χ1v) is 11.9. The van der Waals surface area contributed by atoms with Crippen molar-refractivity contribution in [3.63, 3.8) is 0 Å². The summed E-state index contributed by atoms with van der Waals surface area (Å²) in [6.07, 6.45) is 4.36. The highest BCUT2D eigenvalue weighted by Crippen LogP contribution is 2.26. The van der Waals surface area contributed by atoms with Gasteiger partial charge in [-0.1, -0.05) is 131 Å². The van der Waals surface area contributed by atoms with Crippen LogP contribution in [0.2, 0.25) is 0 Å². The number of benzene rings is 5. The quantitative estimate of drug-likeness (QED) is 0.176. The monoisotopic (exact) mass is 474 g/mol. The Bertz CT molecular complexity index is 1360. The molecule has 0 bridgehead atoms. The molecule has 0 saturated heterocycles. The van der Waals surface area contributed by atoms with E-state index in [0.717, 1.165) is 5.33 Å². The van der Waals surface area contributed by atoms with Crippen molar-refractivity contribution in [1.29, 1.82) is 0 Å². The highest BCUT2D eigenvalue weighted by Gasteiger charge is 2.01. The van der Waals surface area contributed by atoms with Gasteiger partial charge in [0.15, 0.2) is 0 Å². The summed E-state index contributed by atoms with van der Waals surface area (Å²) in [6, 6.07) is 41.3. The van der Waals surface area contributed by atoms with Crippen LogP contribution in [0.1, 0.15) is 16.7 Å². The number of halogens is 1. The summed E-state index contributed by atoms with van der Waals surface area (Å²) in [5, 5.41) is 3.41. The van der Waals surface area contributed by atoms with Gasteiger partial charge in [-0.2, -0.15) is 0 Å². The lowest BCUT2D eigenvalue weighted by Crippen LogP contribution is -1.81. The molecule has 0 nitrogen and oxygen atoms in total. The van der Waals surface area contributed by atoms with E-state index >= 15 is 0 Å². The Morgan fingerprint density at radius 2 is 1.00 bits per heavy atom. The zero-order valence-corrected chi connectivity index (χ0v) is 19.3. The van der Waals surface area contributed by atoms with Crippen molar-refractivity contribution >= 4 is 38.9 Å². The molecule has 0 N–H and O–H groups in total. The molecule has 0 aliphatic heterocycles. The Kier molecular flexibility index (Phi) is 6.00. The molecule has 0 heterocycles. The molecule has 0 aromatic heterocycles. The van der Waals surface area contributed by atoms with Crippen molar-refractivity contribution < 1.29 is 0 Å². The second-order valence-electron chi connectivity index (χ2n) is 7.97. The fourth-order valence-electron chi connectivity index (χ4n) is 3.94. The SMILES string of the molecule is BrCc1ccc(-c2ccc(/C=C/c3ccc4cc(-c5ccccc5)ccc4c3)cc2)cc1. The summed E-state index contributed by atoms with van der Waals surface area (Å²) < 4.78 is 0. The third-order valence-corrected chi connectivity index (χ3v) is 6.44. The standard InChI is InChI=1S/C31H23Br/c32-22-25-11-15-28(16-12-25)27-13-8-23(9-14-27)6-7-24-10-17-31-21-30(19-18-29(31)20-24)26-4-2-1-3-5-26/h1-21H,22H2/b7-6+. The molecule has 5 aromatic rings. The third kappa shape index (κ3) is 4.59. The van der Waals surface area contributed by atoms with E-state index in [9.17, 15) is 0 Å². The van der Waals surface area contributed by atoms with E-state index in [1.165, 1.54) is 49.7 Å². The summed E-state index contributed by atoms with van der Waals surface area (Å²) in [4.78, 5) is 0. The summed E-state index contributed by atoms with van der Waals surface area (Å²) in [5.41, 5.74) is 8.69. The molecule has 5 rings (SSSR count). The van der Waals surface area contributed by atoms with Crippen molar-refractivity contribution in [3.05, 3.63) is 132 Å².